The predicted octanol–water partition coefficient (Wildman–Crippen LogP) is 3.89. The summed E-state index contributed by atoms with van der Waals surface area (Å²) >= 11 is 0.334. The fraction of sp³-hybridized carbons (Fsp3) is 0.273. The average Bonchev–Trinajstić information content (AvgIpc) is 3.43. The van der Waals surface area contributed by atoms with Gasteiger partial charge in [0, 0.05) is 54.2 Å². The number of pyridine rings is 2. The van der Waals surface area contributed by atoms with E-state index in [4.69, 9.17) is 10.7 Å². The van der Waals surface area contributed by atoms with E-state index in [0.29, 0.717) is 11.3 Å². The molecule has 1 aliphatic rings. The number of nitrogens with zero attached hydrogens (tertiary/aromatic N) is 6. The summed E-state index contributed by atoms with van der Waals surface area (Å²) < 4.78 is 17.7. The smallest absolute Gasteiger partial charge is 0.232 e. The largest absolute Gasteiger partial charge is 0.611 e. The number of rotatable bonds is 4. The van der Waals surface area contributed by atoms with Gasteiger partial charge in [-0.05, 0) is 37.5 Å². The summed E-state index contributed by atoms with van der Waals surface area (Å²) in [6.45, 7) is 0. The van der Waals surface area contributed by atoms with Crippen LogP contribution in [0.4, 0.5) is 5.69 Å². The minimum absolute atomic E-state index is 0.196. The number of anilines is 1. The van der Waals surface area contributed by atoms with Gasteiger partial charge in [0.1, 0.15) is 15.8 Å². The van der Waals surface area contributed by atoms with Gasteiger partial charge in [0.25, 0.3) is 0 Å². The molecule has 0 unspecified atom stereocenters. The van der Waals surface area contributed by atoms with E-state index < -0.39 is 11.2 Å². The number of hydrogen-bond acceptors (Lipinski definition) is 7. The lowest BCUT2D eigenvalue weighted by Crippen LogP contribution is -2.28. The van der Waals surface area contributed by atoms with E-state index >= 15 is 0 Å². The van der Waals surface area contributed by atoms with E-state index in [1.54, 1.807) is 18.7 Å². The van der Waals surface area contributed by atoms with Gasteiger partial charge in [-0.3, -0.25) is 4.68 Å². The number of aryl methyl sites for hydroxylation is 2. The molecule has 1 fully saturated rings. The number of hydrogen-bond donors (Lipinski definition) is 1. The standard InChI is InChI=1S/C22H21N7OS2/c1-28-11-25-20-17(28)8-12(10-24-20)15-9-14(16-6-7-26-29(16)2)18-19(23)22(31-21(18)27-15)32(30)13-4-3-5-13/h6-11,13H,3-5,23H2,1-2H3/t32-/m0/s1. The zero-order valence-electron chi connectivity index (χ0n) is 17.6. The van der Waals surface area contributed by atoms with E-state index in [1.807, 2.05) is 41.5 Å². The molecule has 5 aromatic rings. The summed E-state index contributed by atoms with van der Waals surface area (Å²) in [4.78, 5) is 14.5. The second-order valence-corrected chi connectivity index (χ2v) is 11.1. The molecule has 2 N–H and O–H groups in total. The molecule has 0 spiro atoms. The highest BCUT2D eigenvalue weighted by Crippen LogP contribution is 2.45. The van der Waals surface area contributed by atoms with Crippen LogP contribution in [0.15, 0.2) is 41.1 Å². The first-order valence-corrected chi connectivity index (χ1v) is 12.4. The SMILES string of the molecule is Cn1nccc1-c1cc(-c2cnc3ncn(C)c3c2)nc2sc([S@@+]([O-])C3CCC3)c(N)c12. The van der Waals surface area contributed by atoms with Crippen LogP contribution in [0.1, 0.15) is 19.3 Å². The van der Waals surface area contributed by atoms with Crippen LogP contribution in [0.5, 0.6) is 0 Å². The number of fused-ring (bicyclic) bond motifs is 2. The van der Waals surface area contributed by atoms with Gasteiger partial charge in [-0.25, -0.2) is 15.0 Å². The normalized spacial score (nSPS) is 15.5. The minimum Gasteiger partial charge on any atom is -0.611 e. The Morgan fingerprint density at radius 3 is 2.78 bits per heavy atom. The van der Waals surface area contributed by atoms with Crippen molar-refractivity contribution >= 4 is 49.6 Å². The highest BCUT2D eigenvalue weighted by atomic mass is 32.2. The third-order valence-corrected chi connectivity index (χ3v) is 9.47. The van der Waals surface area contributed by atoms with E-state index in [0.717, 1.165) is 61.7 Å². The molecule has 5 aromatic heterocycles. The van der Waals surface area contributed by atoms with Crippen LogP contribution in [-0.4, -0.2) is 39.1 Å². The van der Waals surface area contributed by atoms with Crippen molar-refractivity contribution in [2.24, 2.45) is 14.1 Å². The van der Waals surface area contributed by atoms with Crippen LogP contribution in [0.25, 0.3) is 43.9 Å². The second kappa shape index (κ2) is 7.29. The molecule has 0 amide bonds. The molecule has 0 bridgehead atoms. The van der Waals surface area contributed by atoms with Gasteiger partial charge in [0.15, 0.2) is 5.65 Å². The summed E-state index contributed by atoms with van der Waals surface area (Å²) in [5.74, 6) is 0. The lowest BCUT2D eigenvalue weighted by atomic mass is 10.00. The first-order chi connectivity index (χ1) is 15.5. The van der Waals surface area contributed by atoms with Gasteiger partial charge < -0.3 is 14.9 Å². The molecule has 10 heteroatoms. The van der Waals surface area contributed by atoms with Crippen molar-refractivity contribution in [2.75, 3.05) is 5.73 Å². The maximum absolute atomic E-state index is 13.2. The Hall–Kier alpha value is -2.95. The van der Waals surface area contributed by atoms with Gasteiger partial charge in [-0.2, -0.15) is 5.10 Å². The highest BCUT2D eigenvalue weighted by molar-refractivity contribution is 7.94. The monoisotopic (exact) mass is 463 g/mol. The van der Waals surface area contributed by atoms with E-state index in [9.17, 15) is 4.55 Å². The Labute approximate surface area is 191 Å². The Morgan fingerprint density at radius 2 is 2.06 bits per heavy atom. The Morgan fingerprint density at radius 1 is 1.22 bits per heavy atom. The maximum Gasteiger partial charge on any atom is 0.232 e. The summed E-state index contributed by atoms with van der Waals surface area (Å²) in [5.41, 5.74) is 12.3. The van der Waals surface area contributed by atoms with Crippen LogP contribution in [0.3, 0.4) is 0 Å². The van der Waals surface area contributed by atoms with Crippen molar-refractivity contribution in [3.63, 3.8) is 0 Å². The molecular formula is C22H21N7OS2. The van der Waals surface area contributed by atoms with Gasteiger partial charge >= 0.3 is 0 Å². The lowest BCUT2D eigenvalue weighted by molar-refractivity contribution is 0.478. The van der Waals surface area contributed by atoms with Crippen LogP contribution < -0.4 is 5.73 Å². The van der Waals surface area contributed by atoms with Crippen molar-refractivity contribution in [3.05, 3.63) is 36.9 Å². The second-order valence-electron chi connectivity index (χ2n) is 8.15. The molecule has 0 aliphatic heterocycles. The van der Waals surface area contributed by atoms with Gasteiger partial charge in [0.05, 0.1) is 23.2 Å². The van der Waals surface area contributed by atoms with Gasteiger partial charge in [0.2, 0.25) is 4.21 Å². The Kier molecular flexibility index (Phi) is 4.49. The fourth-order valence-corrected chi connectivity index (χ4v) is 7.33. The highest BCUT2D eigenvalue weighted by Gasteiger charge is 2.35. The molecular weight excluding hydrogens is 442 g/mol. The van der Waals surface area contributed by atoms with Crippen LogP contribution >= 0.6 is 11.3 Å². The first-order valence-electron chi connectivity index (χ1n) is 10.4. The molecule has 0 aromatic carbocycles. The molecule has 5 heterocycles. The molecule has 6 rings (SSSR count). The zero-order valence-corrected chi connectivity index (χ0v) is 19.3. The molecule has 0 radical (unpaired) electrons. The Balaban J connectivity index is 1.59. The molecule has 162 valence electrons. The summed E-state index contributed by atoms with van der Waals surface area (Å²) in [6.07, 6.45) is 8.42. The number of nitrogens with two attached hydrogens (primary N) is 1. The van der Waals surface area contributed by atoms with E-state index in [-0.39, 0.29) is 5.25 Å². The number of nitrogen functional groups attached to an aromatic ring is 1. The van der Waals surface area contributed by atoms with Crippen molar-refractivity contribution in [1.29, 1.82) is 0 Å². The topological polar surface area (TPSA) is 110 Å². The van der Waals surface area contributed by atoms with Crippen LogP contribution in [0.2, 0.25) is 0 Å². The fourth-order valence-electron chi connectivity index (χ4n) is 4.12. The first kappa shape index (κ1) is 19.7. The predicted molar refractivity (Wildman–Crippen MR) is 128 cm³/mol. The maximum atomic E-state index is 13.2. The van der Waals surface area contributed by atoms with Crippen molar-refractivity contribution < 1.29 is 4.55 Å². The van der Waals surface area contributed by atoms with Crippen molar-refractivity contribution in [3.8, 4) is 22.5 Å². The molecule has 1 atom stereocenters. The van der Waals surface area contributed by atoms with Crippen LogP contribution in [0, 0.1) is 0 Å². The average molecular weight is 464 g/mol. The number of aromatic nitrogens is 6. The van der Waals surface area contributed by atoms with E-state index in [2.05, 4.69) is 15.1 Å². The van der Waals surface area contributed by atoms with E-state index in [1.165, 1.54) is 11.3 Å². The number of imidazole rings is 1. The quantitative estimate of drug-likeness (QED) is 0.405. The summed E-state index contributed by atoms with van der Waals surface area (Å²) in [7, 11) is 3.85. The molecule has 1 saturated carbocycles. The zero-order chi connectivity index (χ0) is 22.0. The summed E-state index contributed by atoms with van der Waals surface area (Å²) in [5, 5.41) is 5.39. The molecule has 8 nitrogen and oxygen atoms in total. The minimum atomic E-state index is -1.11. The lowest BCUT2D eigenvalue weighted by Gasteiger charge is -2.27. The van der Waals surface area contributed by atoms with Gasteiger partial charge in [-0.1, -0.05) is 11.3 Å². The van der Waals surface area contributed by atoms with Crippen molar-refractivity contribution in [2.45, 2.75) is 28.7 Å². The summed E-state index contributed by atoms with van der Waals surface area (Å²) in [6, 6.07) is 6.03. The molecule has 32 heavy (non-hydrogen) atoms. The third-order valence-electron chi connectivity index (χ3n) is 6.18. The van der Waals surface area contributed by atoms with Gasteiger partial charge in [-0.15, -0.1) is 0 Å². The molecule has 1 aliphatic carbocycles. The Bertz CT molecular complexity index is 1480. The van der Waals surface area contributed by atoms with Crippen molar-refractivity contribution in [1.82, 2.24) is 29.3 Å². The number of thiophene rings is 1. The molecule has 0 saturated heterocycles. The van der Waals surface area contributed by atoms with Crippen LogP contribution in [-0.2, 0) is 25.3 Å². The third kappa shape index (κ3) is 2.94.